The first-order valence-corrected chi connectivity index (χ1v) is 11.3. The number of hydrogen-bond acceptors (Lipinski definition) is 3. The number of benzene rings is 3. The van der Waals surface area contributed by atoms with Crippen LogP contribution in [0.5, 0.6) is 0 Å². The number of sulfonamides is 1. The van der Waals surface area contributed by atoms with Crippen molar-refractivity contribution in [2.45, 2.75) is 4.90 Å². The van der Waals surface area contributed by atoms with E-state index in [4.69, 9.17) is 0 Å². The molecule has 0 aliphatic carbocycles. The van der Waals surface area contributed by atoms with Crippen molar-refractivity contribution >= 4 is 59.2 Å². The molecule has 0 saturated heterocycles. The first-order valence-electron chi connectivity index (χ1n) is 8.25. The average molecular weight is 524 g/mol. The van der Waals surface area contributed by atoms with Gasteiger partial charge in [-0.3, -0.25) is 9.10 Å². The lowest BCUT2D eigenvalue weighted by molar-refractivity contribution is -0.114. The summed E-state index contributed by atoms with van der Waals surface area (Å²) in [5.41, 5.74) is 0.958. The zero-order chi connectivity index (χ0) is 20.1. The Bertz CT molecular complexity index is 1090. The minimum atomic E-state index is -3.93. The molecule has 0 radical (unpaired) electrons. The van der Waals surface area contributed by atoms with Gasteiger partial charge in [-0.25, -0.2) is 8.42 Å². The van der Waals surface area contributed by atoms with E-state index in [1.807, 2.05) is 6.07 Å². The van der Waals surface area contributed by atoms with Crippen LogP contribution in [-0.4, -0.2) is 20.9 Å². The van der Waals surface area contributed by atoms with Crippen LogP contribution in [-0.2, 0) is 14.8 Å². The monoisotopic (exact) mass is 522 g/mol. The van der Waals surface area contributed by atoms with Crippen molar-refractivity contribution in [1.29, 1.82) is 0 Å². The topological polar surface area (TPSA) is 66.5 Å². The fourth-order valence-electron chi connectivity index (χ4n) is 2.55. The zero-order valence-electron chi connectivity index (χ0n) is 14.5. The molecule has 1 N–H and O–H groups in total. The van der Waals surface area contributed by atoms with Crippen molar-refractivity contribution in [1.82, 2.24) is 0 Å². The molecule has 0 fully saturated rings. The molecular formula is C20H16Br2N2O3S. The van der Waals surface area contributed by atoms with Gasteiger partial charge in [0.2, 0.25) is 5.91 Å². The van der Waals surface area contributed by atoms with Gasteiger partial charge in [0.05, 0.1) is 16.3 Å². The Morgan fingerprint density at radius 1 is 0.893 bits per heavy atom. The van der Waals surface area contributed by atoms with Gasteiger partial charge >= 0.3 is 0 Å². The first-order chi connectivity index (χ1) is 13.4. The zero-order valence-corrected chi connectivity index (χ0v) is 18.5. The van der Waals surface area contributed by atoms with E-state index in [1.165, 1.54) is 12.1 Å². The van der Waals surface area contributed by atoms with Crippen LogP contribution in [0, 0.1) is 0 Å². The van der Waals surface area contributed by atoms with E-state index in [2.05, 4.69) is 37.2 Å². The predicted octanol–water partition coefficient (Wildman–Crippen LogP) is 5.05. The molecule has 3 aromatic rings. The molecule has 5 nitrogen and oxygen atoms in total. The van der Waals surface area contributed by atoms with Crippen molar-refractivity contribution in [3.8, 4) is 0 Å². The molecule has 0 heterocycles. The second-order valence-corrected chi connectivity index (χ2v) is 9.46. The summed E-state index contributed by atoms with van der Waals surface area (Å²) in [6, 6.07) is 22.0. The molecule has 0 unspecified atom stereocenters. The molecule has 0 aliphatic heterocycles. The number of anilines is 2. The van der Waals surface area contributed by atoms with Crippen LogP contribution in [0.2, 0.25) is 0 Å². The average Bonchev–Trinajstić information content (AvgIpc) is 2.68. The maximum Gasteiger partial charge on any atom is 0.264 e. The lowest BCUT2D eigenvalue weighted by Crippen LogP contribution is -2.38. The van der Waals surface area contributed by atoms with Crippen molar-refractivity contribution in [2.24, 2.45) is 0 Å². The number of carbonyl (C=O) groups excluding carboxylic acids is 1. The Labute approximate surface area is 180 Å². The normalized spacial score (nSPS) is 11.1. The van der Waals surface area contributed by atoms with E-state index >= 15 is 0 Å². The first kappa shape index (κ1) is 20.6. The molecule has 0 saturated carbocycles. The second-order valence-electron chi connectivity index (χ2n) is 5.83. The van der Waals surface area contributed by atoms with Gasteiger partial charge in [0, 0.05) is 8.95 Å². The highest BCUT2D eigenvalue weighted by atomic mass is 79.9. The van der Waals surface area contributed by atoms with Crippen molar-refractivity contribution in [3.05, 3.63) is 87.8 Å². The van der Waals surface area contributed by atoms with Gasteiger partial charge in [0.25, 0.3) is 10.0 Å². The smallest absolute Gasteiger partial charge is 0.264 e. The van der Waals surface area contributed by atoms with Gasteiger partial charge in [-0.05, 0) is 58.4 Å². The number of nitrogens with one attached hydrogen (secondary N) is 1. The van der Waals surface area contributed by atoms with Crippen LogP contribution >= 0.6 is 31.9 Å². The molecule has 0 atom stereocenters. The van der Waals surface area contributed by atoms with Gasteiger partial charge in [0.1, 0.15) is 6.54 Å². The van der Waals surface area contributed by atoms with Crippen molar-refractivity contribution < 1.29 is 13.2 Å². The van der Waals surface area contributed by atoms with Gasteiger partial charge < -0.3 is 5.32 Å². The lowest BCUT2D eigenvalue weighted by atomic mass is 10.3. The molecule has 0 aliphatic rings. The Balaban J connectivity index is 1.95. The van der Waals surface area contributed by atoms with Crippen LogP contribution in [0.15, 0.2) is 92.7 Å². The Hall–Kier alpha value is -2.16. The van der Waals surface area contributed by atoms with Crippen molar-refractivity contribution in [2.75, 3.05) is 16.2 Å². The van der Waals surface area contributed by atoms with Crippen molar-refractivity contribution in [3.63, 3.8) is 0 Å². The van der Waals surface area contributed by atoms with E-state index in [-0.39, 0.29) is 11.4 Å². The Morgan fingerprint density at radius 2 is 1.57 bits per heavy atom. The third kappa shape index (κ3) is 4.81. The molecular weight excluding hydrogens is 508 g/mol. The van der Waals surface area contributed by atoms with Crippen LogP contribution < -0.4 is 9.62 Å². The molecule has 1 amide bonds. The summed E-state index contributed by atoms with van der Waals surface area (Å²) >= 11 is 6.72. The quantitative estimate of drug-likeness (QED) is 0.492. The molecule has 3 rings (SSSR count). The number of halogens is 2. The number of nitrogens with zero attached hydrogens (tertiary/aromatic N) is 1. The van der Waals surface area contributed by atoms with Gasteiger partial charge in [-0.1, -0.05) is 52.3 Å². The molecule has 3 aromatic carbocycles. The fourth-order valence-corrected chi connectivity index (χ4v) is 4.75. The van der Waals surface area contributed by atoms with Gasteiger partial charge in [-0.15, -0.1) is 0 Å². The number of para-hydroxylation sites is 1. The SMILES string of the molecule is O=C(CN(c1cccc(Br)c1)S(=O)(=O)c1ccccc1)Nc1ccccc1Br. The third-order valence-electron chi connectivity index (χ3n) is 3.86. The highest BCUT2D eigenvalue weighted by molar-refractivity contribution is 9.10. The summed E-state index contributed by atoms with van der Waals surface area (Å²) in [7, 11) is -3.93. The molecule has 28 heavy (non-hydrogen) atoms. The summed E-state index contributed by atoms with van der Waals surface area (Å²) in [6.45, 7) is -0.366. The minimum Gasteiger partial charge on any atom is -0.323 e. The maximum absolute atomic E-state index is 13.2. The van der Waals surface area contributed by atoms with E-state index in [0.717, 1.165) is 4.31 Å². The fraction of sp³-hybridized carbons (Fsp3) is 0.0500. The highest BCUT2D eigenvalue weighted by Gasteiger charge is 2.27. The van der Waals surface area contributed by atoms with Gasteiger partial charge in [0.15, 0.2) is 0 Å². The van der Waals surface area contributed by atoms with E-state index in [9.17, 15) is 13.2 Å². The van der Waals surface area contributed by atoms with E-state index in [0.29, 0.717) is 20.3 Å². The summed E-state index contributed by atoms with van der Waals surface area (Å²) in [6.07, 6.45) is 0. The van der Waals surface area contributed by atoms with Crippen LogP contribution in [0.1, 0.15) is 0 Å². The molecule has 0 bridgehead atoms. The second kappa shape index (κ2) is 8.89. The standard InChI is InChI=1S/C20H16Br2N2O3S/c21-15-7-6-8-16(13-15)24(28(26,27)17-9-2-1-3-10-17)14-20(25)23-19-12-5-4-11-18(19)22/h1-13H,14H2,(H,23,25). The number of hydrogen-bond donors (Lipinski definition) is 1. The van der Waals surface area contributed by atoms with Crippen LogP contribution in [0.3, 0.4) is 0 Å². The van der Waals surface area contributed by atoms with Gasteiger partial charge in [-0.2, -0.15) is 0 Å². The van der Waals surface area contributed by atoms with E-state index < -0.39 is 15.9 Å². The summed E-state index contributed by atoms with van der Waals surface area (Å²) < 4.78 is 29.0. The summed E-state index contributed by atoms with van der Waals surface area (Å²) in [5.74, 6) is -0.452. The molecule has 0 aromatic heterocycles. The largest absolute Gasteiger partial charge is 0.323 e. The number of rotatable bonds is 6. The Morgan fingerprint density at radius 3 is 2.25 bits per heavy atom. The molecule has 144 valence electrons. The predicted molar refractivity (Wildman–Crippen MR) is 118 cm³/mol. The number of amides is 1. The highest BCUT2D eigenvalue weighted by Crippen LogP contribution is 2.27. The summed E-state index contributed by atoms with van der Waals surface area (Å²) in [4.78, 5) is 12.8. The third-order valence-corrected chi connectivity index (χ3v) is 6.84. The minimum absolute atomic E-state index is 0.115. The van der Waals surface area contributed by atoms with Crippen LogP contribution in [0.4, 0.5) is 11.4 Å². The molecule has 8 heteroatoms. The maximum atomic E-state index is 13.2. The molecule has 0 spiro atoms. The Kier molecular flexibility index (Phi) is 6.53. The number of carbonyl (C=O) groups is 1. The lowest BCUT2D eigenvalue weighted by Gasteiger charge is -2.24. The van der Waals surface area contributed by atoms with E-state index in [1.54, 1.807) is 60.7 Å². The van der Waals surface area contributed by atoms with Crippen LogP contribution in [0.25, 0.3) is 0 Å². The summed E-state index contributed by atoms with van der Waals surface area (Å²) in [5, 5.41) is 2.74.